The van der Waals surface area contributed by atoms with Gasteiger partial charge in [0.2, 0.25) is 0 Å². The van der Waals surface area contributed by atoms with Crippen molar-refractivity contribution in [1.82, 2.24) is 14.9 Å². The van der Waals surface area contributed by atoms with Crippen molar-refractivity contribution >= 4 is 28.8 Å². The van der Waals surface area contributed by atoms with Gasteiger partial charge < -0.3 is 21.3 Å². The zero-order valence-electron chi connectivity index (χ0n) is 19.2. The molecule has 1 aliphatic heterocycles. The van der Waals surface area contributed by atoms with Crippen LogP contribution in [0.5, 0.6) is 0 Å². The number of hydrogen-bond donors (Lipinski definition) is 3. The second kappa shape index (κ2) is 10.3. The van der Waals surface area contributed by atoms with Crippen LogP contribution in [0.2, 0.25) is 0 Å². The quantitative estimate of drug-likeness (QED) is 0.488. The van der Waals surface area contributed by atoms with Crippen LogP contribution in [0.25, 0.3) is 0 Å². The molecule has 4 N–H and O–H groups in total. The monoisotopic (exact) mass is 445 g/mol. The van der Waals surface area contributed by atoms with Gasteiger partial charge >= 0.3 is 0 Å². The highest BCUT2D eigenvalue weighted by Gasteiger charge is 2.19. The molecule has 2 aromatic heterocycles. The predicted molar refractivity (Wildman–Crippen MR) is 133 cm³/mol. The molecule has 1 aliphatic rings. The van der Waals surface area contributed by atoms with Crippen molar-refractivity contribution in [2.24, 2.45) is 5.73 Å². The molecule has 1 fully saturated rings. The first-order chi connectivity index (χ1) is 16.0. The van der Waals surface area contributed by atoms with Gasteiger partial charge in [0.25, 0.3) is 5.91 Å². The van der Waals surface area contributed by atoms with E-state index in [4.69, 9.17) is 5.73 Å². The number of amides is 1. The summed E-state index contributed by atoms with van der Waals surface area (Å²) in [6, 6.07) is 14.6. The Labute approximate surface area is 194 Å². The number of aromatic nitrogens is 2. The first-order valence-corrected chi connectivity index (χ1v) is 11.3. The maximum atomic E-state index is 11.8. The summed E-state index contributed by atoms with van der Waals surface area (Å²) < 4.78 is 0. The van der Waals surface area contributed by atoms with Crippen molar-refractivity contribution in [2.45, 2.75) is 26.4 Å². The number of benzene rings is 1. The molecule has 8 heteroatoms. The number of anilines is 4. The molecule has 0 bridgehead atoms. The van der Waals surface area contributed by atoms with Crippen LogP contribution in [0.15, 0.2) is 61.1 Å². The maximum Gasteiger partial charge on any atom is 0.252 e. The van der Waals surface area contributed by atoms with Crippen LogP contribution in [-0.4, -0.2) is 53.0 Å². The molecule has 8 nitrogen and oxygen atoms in total. The van der Waals surface area contributed by atoms with Gasteiger partial charge in [-0.2, -0.15) is 0 Å². The molecule has 1 amide bonds. The number of nitrogens with two attached hydrogens (primary N) is 1. The average Bonchev–Trinajstić information content (AvgIpc) is 2.84. The highest BCUT2D eigenvalue weighted by atomic mass is 16.1. The lowest BCUT2D eigenvalue weighted by Crippen LogP contribution is -2.48. The Kier molecular flexibility index (Phi) is 7.04. The molecule has 3 heterocycles. The van der Waals surface area contributed by atoms with Gasteiger partial charge in [-0.1, -0.05) is 6.07 Å². The lowest BCUT2D eigenvalue weighted by Gasteiger charge is -2.38. The number of rotatable bonds is 8. The molecule has 0 aliphatic carbocycles. The minimum Gasteiger partial charge on any atom is -0.380 e. The highest BCUT2D eigenvalue weighted by Crippen LogP contribution is 2.25. The lowest BCUT2D eigenvalue weighted by molar-refractivity contribution is 0.100. The number of nitrogens with zero attached hydrogens (tertiary/aromatic N) is 4. The Morgan fingerprint density at radius 2 is 1.85 bits per heavy atom. The van der Waals surface area contributed by atoms with Crippen LogP contribution in [0, 0.1) is 0 Å². The largest absolute Gasteiger partial charge is 0.380 e. The van der Waals surface area contributed by atoms with Crippen molar-refractivity contribution in [1.29, 1.82) is 0 Å². The molecule has 0 unspecified atom stereocenters. The van der Waals surface area contributed by atoms with Gasteiger partial charge in [0, 0.05) is 74.8 Å². The van der Waals surface area contributed by atoms with Crippen LogP contribution >= 0.6 is 0 Å². The fourth-order valence-corrected chi connectivity index (χ4v) is 3.97. The van der Waals surface area contributed by atoms with Gasteiger partial charge in [-0.25, -0.2) is 4.98 Å². The van der Waals surface area contributed by atoms with E-state index in [2.05, 4.69) is 68.5 Å². The van der Waals surface area contributed by atoms with Crippen LogP contribution in [0.3, 0.4) is 0 Å². The van der Waals surface area contributed by atoms with Gasteiger partial charge in [0.1, 0.15) is 5.82 Å². The van der Waals surface area contributed by atoms with Gasteiger partial charge in [0.05, 0.1) is 11.3 Å². The summed E-state index contributed by atoms with van der Waals surface area (Å²) in [5, 5.41) is 6.59. The van der Waals surface area contributed by atoms with Crippen molar-refractivity contribution in [2.75, 3.05) is 41.7 Å². The van der Waals surface area contributed by atoms with Gasteiger partial charge in [-0.15, -0.1) is 0 Å². The fourth-order valence-electron chi connectivity index (χ4n) is 3.97. The van der Waals surface area contributed by atoms with E-state index < -0.39 is 5.91 Å². The van der Waals surface area contributed by atoms with Crippen molar-refractivity contribution in [3.8, 4) is 0 Å². The molecular formula is C25H31N7O. The van der Waals surface area contributed by atoms with E-state index in [0.29, 0.717) is 29.7 Å². The lowest BCUT2D eigenvalue weighted by atomic mass is 10.2. The molecule has 0 saturated carbocycles. The van der Waals surface area contributed by atoms with E-state index >= 15 is 0 Å². The summed E-state index contributed by atoms with van der Waals surface area (Å²) in [7, 11) is 0. The molecule has 0 spiro atoms. The van der Waals surface area contributed by atoms with E-state index in [1.54, 1.807) is 18.5 Å². The second-order valence-corrected chi connectivity index (χ2v) is 8.48. The zero-order chi connectivity index (χ0) is 23.2. The van der Waals surface area contributed by atoms with E-state index in [-0.39, 0.29) is 0 Å². The second-order valence-electron chi connectivity index (χ2n) is 8.48. The third-order valence-electron chi connectivity index (χ3n) is 5.92. The van der Waals surface area contributed by atoms with Gasteiger partial charge in [-0.05, 0) is 49.7 Å². The number of nitrogens with one attached hydrogen (secondary N) is 2. The number of hydrogen-bond acceptors (Lipinski definition) is 7. The Morgan fingerprint density at radius 1 is 1.09 bits per heavy atom. The van der Waals surface area contributed by atoms with Crippen LogP contribution in [0.1, 0.15) is 29.8 Å². The Hall–Kier alpha value is -3.65. The zero-order valence-corrected chi connectivity index (χ0v) is 19.2. The molecular weight excluding hydrogens is 414 g/mol. The van der Waals surface area contributed by atoms with Crippen LogP contribution in [0.4, 0.5) is 22.9 Å². The molecule has 1 saturated heterocycles. The smallest absolute Gasteiger partial charge is 0.252 e. The minimum atomic E-state index is -0.523. The number of carbonyl (C=O) groups excluding carboxylic acids is 1. The minimum absolute atomic E-state index is 0.348. The SMILES string of the molecule is CC(C)N1CCN(c2ccc(Nc3cc(NCc4cccnc4)c(C(N)=O)cn3)cc2)CC1. The van der Waals surface area contributed by atoms with E-state index in [9.17, 15) is 4.79 Å². The fraction of sp³-hybridized carbons (Fsp3) is 0.320. The molecule has 4 rings (SSSR count). The third kappa shape index (κ3) is 5.78. The van der Waals surface area contributed by atoms with E-state index in [1.165, 1.54) is 11.9 Å². The summed E-state index contributed by atoms with van der Waals surface area (Å²) in [6.07, 6.45) is 5.00. The van der Waals surface area contributed by atoms with Crippen molar-refractivity contribution in [3.63, 3.8) is 0 Å². The van der Waals surface area contributed by atoms with Crippen LogP contribution < -0.4 is 21.3 Å². The normalized spacial score (nSPS) is 14.3. The molecule has 0 atom stereocenters. The maximum absolute atomic E-state index is 11.8. The molecule has 1 aromatic carbocycles. The Morgan fingerprint density at radius 3 is 2.48 bits per heavy atom. The summed E-state index contributed by atoms with van der Waals surface area (Å²) in [5.41, 5.74) is 9.67. The van der Waals surface area contributed by atoms with Gasteiger partial charge in [-0.3, -0.25) is 14.7 Å². The van der Waals surface area contributed by atoms with E-state index in [0.717, 1.165) is 37.4 Å². The highest BCUT2D eigenvalue weighted by molar-refractivity contribution is 5.98. The summed E-state index contributed by atoms with van der Waals surface area (Å²) in [5.74, 6) is 0.108. The Balaban J connectivity index is 1.42. The Bertz CT molecular complexity index is 1060. The summed E-state index contributed by atoms with van der Waals surface area (Å²) in [6.45, 7) is 9.27. The summed E-state index contributed by atoms with van der Waals surface area (Å²) in [4.78, 5) is 25.3. The van der Waals surface area contributed by atoms with E-state index in [1.807, 2.05) is 12.1 Å². The van der Waals surface area contributed by atoms with Crippen LogP contribution in [-0.2, 0) is 6.54 Å². The topological polar surface area (TPSA) is 99.4 Å². The summed E-state index contributed by atoms with van der Waals surface area (Å²) >= 11 is 0. The molecule has 0 radical (unpaired) electrons. The first kappa shape index (κ1) is 22.5. The van der Waals surface area contributed by atoms with Crippen molar-refractivity contribution in [3.05, 3.63) is 72.2 Å². The number of piperazine rings is 1. The standard InChI is InChI=1S/C25H31N7O/c1-18(2)31-10-12-32(13-11-31)21-7-5-20(6-8-21)30-24-14-23(22(17-29-24)25(26)33)28-16-19-4-3-9-27-15-19/h3-9,14-15,17-18H,10-13,16H2,1-2H3,(H2,26,33)(H2,28,29,30). The molecule has 172 valence electrons. The third-order valence-corrected chi connectivity index (χ3v) is 5.92. The number of carbonyl (C=O) groups is 1. The predicted octanol–water partition coefficient (Wildman–Crippen LogP) is 3.46. The number of primary amides is 1. The van der Waals surface area contributed by atoms with Gasteiger partial charge in [0.15, 0.2) is 0 Å². The number of pyridine rings is 2. The van der Waals surface area contributed by atoms with Crippen molar-refractivity contribution < 1.29 is 4.79 Å². The molecule has 33 heavy (non-hydrogen) atoms. The average molecular weight is 446 g/mol. The molecule has 3 aromatic rings. The first-order valence-electron chi connectivity index (χ1n) is 11.3.